The Morgan fingerprint density at radius 1 is 1.05 bits per heavy atom. The van der Waals surface area contributed by atoms with Crippen molar-refractivity contribution >= 4 is 0 Å². The molecule has 0 radical (unpaired) electrons. The maximum absolute atomic E-state index is 3.60. The quantitative estimate of drug-likeness (QED) is 0.646. The predicted molar refractivity (Wildman–Crippen MR) is 82.6 cm³/mol. The van der Waals surface area contributed by atoms with E-state index in [0.717, 1.165) is 12.0 Å². The van der Waals surface area contributed by atoms with Gasteiger partial charge < -0.3 is 15.1 Å². The maximum atomic E-state index is 3.60. The van der Waals surface area contributed by atoms with Crippen LogP contribution in [0.5, 0.6) is 0 Å². The topological polar surface area (TPSA) is 18.5 Å². The second-order valence-electron chi connectivity index (χ2n) is 6.80. The third kappa shape index (κ3) is 6.73. The van der Waals surface area contributed by atoms with Gasteiger partial charge in [-0.05, 0) is 84.7 Å². The summed E-state index contributed by atoms with van der Waals surface area (Å²) in [6.45, 7) is 6.43. The minimum absolute atomic E-state index is 0.882. The van der Waals surface area contributed by atoms with Crippen LogP contribution in [0.3, 0.4) is 0 Å². The number of nitrogens with zero attached hydrogens (tertiary/aromatic N) is 2. The van der Waals surface area contributed by atoms with Crippen molar-refractivity contribution < 1.29 is 0 Å². The molecular formula is C16H33N3. The summed E-state index contributed by atoms with van der Waals surface area (Å²) in [4.78, 5) is 5.02. The molecule has 2 rings (SSSR count). The summed E-state index contributed by atoms with van der Waals surface area (Å²) in [5.41, 5.74) is 0. The van der Waals surface area contributed by atoms with E-state index in [9.17, 15) is 0 Å². The van der Waals surface area contributed by atoms with Crippen molar-refractivity contribution in [1.29, 1.82) is 0 Å². The number of hydrogen-bond donors (Lipinski definition) is 1. The lowest BCUT2D eigenvalue weighted by molar-refractivity contribution is 0.175. The molecule has 0 spiro atoms. The SMILES string of the molecule is CN1CCC(CN(C)CCCCCNC2CC2)CC1. The van der Waals surface area contributed by atoms with Gasteiger partial charge in [-0.3, -0.25) is 0 Å². The van der Waals surface area contributed by atoms with E-state index in [2.05, 4.69) is 29.2 Å². The number of unbranched alkanes of at least 4 members (excludes halogenated alkanes) is 2. The van der Waals surface area contributed by atoms with Crippen molar-refractivity contribution in [2.24, 2.45) is 5.92 Å². The first-order chi connectivity index (χ1) is 9.24. The first kappa shape index (κ1) is 15.3. The Balaban J connectivity index is 1.41. The van der Waals surface area contributed by atoms with Crippen LogP contribution < -0.4 is 5.32 Å². The molecule has 1 aliphatic carbocycles. The molecule has 19 heavy (non-hydrogen) atoms. The van der Waals surface area contributed by atoms with Gasteiger partial charge in [0.1, 0.15) is 0 Å². The van der Waals surface area contributed by atoms with Gasteiger partial charge in [0.05, 0.1) is 0 Å². The summed E-state index contributed by atoms with van der Waals surface area (Å²) < 4.78 is 0. The average Bonchev–Trinajstić information content (AvgIpc) is 3.20. The van der Waals surface area contributed by atoms with Crippen molar-refractivity contribution in [1.82, 2.24) is 15.1 Å². The molecule has 1 heterocycles. The second-order valence-corrected chi connectivity index (χ2v) is 6.80. The standard InChI is InChI=1S/C16H33N3/c1-18-12-8-15(9-13-18)14-19(2)11-5-3-4-10-17-16-6-7-16/h15-17H,3-14H2,1-2H3. The summed E-state index contributed by atoms with van der Waals surface area (Å²) in [6.07, 6.45) is 9.74. The minimum atomic E-state index is 0.882. The fourth-order valence-corrected chi connectivity index (χ4v) is 3.05. The fraction of sp³-hybridized carbons (Fsp3) is 1.00. The van der Waals surface area contributed by atoms with Gasteiger partial charge in [-0.25, -0.2) is 0 Å². The first-order valence-electron chi connectivity index (χ1n) is 8.34. The van der Waals surface area contributed by atoms with Crippen LogP contribution in [0, 0.1) is 5.92 Å². The number of likely N-dealkylation sites (tertiary alicyclic amines) is 1. The van der Waals surface area contributed by atoms with Gasteiger partial charge in [0.25, 0.3) is 0 Å². The summed E-state index contributed by atoms with van der Waals surface area (Å²) >= 11 is 0. The van der Waals surface area contributed by atoms with E-state index in [1.54, 1.807) is 0 Å². The number of rotatable bonds is 9. The van der Waals surface area contributed by atoms with E-state index in [1.807, 2.05) is 0 Å². The molecule has 2 aliphatic rings. The third-order valence-electron chi connectivity index (χ3n) is 4.63. The van der Waals surface area contributed by atoms with Gasteiger partial charge in [0, 0.05) is 12.6 Å². The first-order valence-corrected chi connectivity index (χ1v) is 8.34. The molecule has 0 atom stereocenters. The summed E-state index contributed by atoms with van der Waals surface area (Å²) in [5.74, 6) is 0.942. The van der Waals surface area contributed by atoms with Crippen LogP contribution >= 0.6 is 0 Å². The third-order valence-corrected chi connectivity index (χ3v) is 4.63. The molecule has 0 aromatic carbocycles. The molecule has 0 bridgehead atoms. The summed E-state index contributed by atoms with van der Waals surface area (Å²) in [6, 6.07) is 0.882. The van der Waals surface area contributed by atoms with Crippen LogP contribution in [-0.4, -0.2) is 62.7 Å². The van der Waals surface area contributed by atoms with Gasteiger partial charge >= 0.3 is 0 Å². The van der Waals surface area contributed by atoms with E-state index < -0.39 is 0 Å². The second kappa shape index (κ2) is 8.23. The molecule has 3 heteroatoms. The Bertz CT molecular complexity index is 232. The van der Waals surface area contributed by atoms with Gasteiger partial charge in [0.15, 0.2) is 0 Å². The summed E-state index contributed by atoms with van der Waals surface area (Å²) in [7, 11) is 4.55. The van der Waals surface area contributed by atoms with Crippen molar-refractivity contribution in [3.8, 4) is 0 Å². The van der Waals surface area contributed by atoms with Crippen LogP contribution in [-0.2, 0) is 0 Å². The Hall–Kier alpha value is -0.120. The molecule has 0 aromatic heterocycles. The van der Waals surface area contributed by atoms with E-state index in [1.165, 1.54) is 77.7 Å². The molecule has 1 aliphatic heterocycles. The normalized spacial score (nSPS) is 22.3. The molecule has 112 valence electrons. The zero-order chi connectivity index (χ0) is 13.5. The van der Waals surface area contributed by atoms with Crippen molar-refractivity contribution in [2.45, 2.75) is 51.0 Å². The van der Waals surface area contributed by atoms with Crippen LogP contribution in [0.1, 0.15) is 44.9 Å². The fourth-order valence-electron chi connectivity index (χ4n) is 3.05. The monoisotopic (exact) mass is 267 g/mol. The van der Waals surface area contributed by atoms with Gasteiger partial charge in [-0.15, -0.1) is 0 Å². The zero-order valence-electron chi connectivity index (χ0n) is 13.0. The molecule has 1 saturated carbocycles. The average molecular weight is 267 g/mol. The molecular weight excluding hydrogens is 234 g/mol. The van der Waals surface area contributed by atoms with Gasteiger partial charge in [0.2, 0.25) is 0 Å². The van der Waals surface area contributed by atoms with Gasteiger partial charge in [-0.1, -0.05) is 6.42 Å². The Morgan fingerprint density at radius 3 is 2.47 bits per heavy atom. The lowest BCUT2D eigenvalue weighted by Gasteiger charge is -2.31. The Labute approximate surface area is 119 Å². The van der Waals surface area contributed by atoms with Crippen molar-refractivity contribution in [2.75, 3.05) is 46.8 Å². The highest BCUT2D eigenvalue weighted by molar-refractivity contribution is 4.80. The Morgan fingerprint density at radius 2 is 1.79 bits per heavy atom. The highest BCUT2D eigenvalue weighted by Gasteiger charge is 2.19. The molecule has 0 amide bonds. The highest BCUT2D eigenvalue weighted by Crippen LogP contribution is 2.18. The van der Waals surface area contributed by atoms with Crippen molar-refractivity contribution in [3.63, 3.8) is 0 Å². The van der Waals surface area contributed by atoms with Crippen LogP contribution in [0.15, 0.2) is 0 Å². The molecule has 3 nitrogen and oxygen atoms in total. The number of nitrogens with one attached hydrogen (secondary N) is 1. The largest absolute Gasteiger partial charge is 0.314 e. The smallest absolute Gasteiger partial charge is 0.00682 e. The van der Waals surface area contributed by atoms with Crippen LogP contribution in [0.2, 0.25) is 0 Å². The number of piperidine rings is 1. The van der Waals surface area contributed by atoms with E-state index in [4.69, 9.17) is 0 Å². The van der Waals surface area contributed by atoms with Crippen LogP contribution in [0.4, 0.5) is 0 Å². The lowest BCUT2D eigenvalue weighted by Crippen LogP contribution is -2.36. The summed E-state index contributed by atoms with van der Waals surface area (Å²) in [5, 5.41) is 3.60. The van der Waals surface area contributed by atoms with E-state index >= 15 is 0 Å². The Kier molecular flexibility index (Phi) is 6.62. The molecule has 1 N–H and O–H groups in total. The number of hydrogen-bond acceptors (Lipinski definition) is 3. The molecule has 1 saturated heterocycles. The van der Waals surface area contributed by atoms with Crippen molar-refractivity contribution in [3.05, 3.63) is 0 Å². The molecule has 0 unspecified atom stereocenters. The molecule has 2 fully saturated rings. The van der Waals surface area contributed by atoms with Gasteiger partial charge in [-0.2, -0.15) is 0 Å². The van der Waals surface area contributed by atoms with E-state index in [0.29, 0.717) is 0 Å². The predicted octanol–water partition coefficient (Wildman–Crippen LogP) is 2.18. The van der Waals surface area contributed by atoms with Crippen LogP contribution in [0.25, 0.3) is 0 Å². The maximum Gasteiger partial charge on any atom is 0.00682 e. The molecule has 0 aromatic rings. The highest BCUT2D eigenvalue weighted by atomic mass is 15.1. The lowest BCUT2D eigenvalue weighted by atomic mass is 9.96. The minimum Gasteiger partial charge on any atom is -0.314 e. The van der Waals surface area contributed by atoms with E-state index in [-0.39, 0.29) is 0 Å². The zero-order valence-corrected chi connectivity index (χ0v) is 13.0.